The van der Waals surface area contributed by atoms with Gasteiger partial charge in [-0.15, -0.1) is 11.3 Å². The predicted octanol–water partition coefficient (Wildman–Crippen LogP) is 1.92. The molecule has 0 saturated heterocycles. The summed E-state index contributed by atoms with van der Waals surface area (Å²) in [5.41, 5.74) is 1.42. The van der Waals surface area contributed by atoms with Gasteiger partial charge >= 0.3 is 0 Å². The Labute approximate surface area is 171 Å². The van der Waals surface area contributed by atoms with E-state index in [1.54, 1.807) is 17.8 Å². The summed E-state index contributed by atoms with van der Waals surface area (Å²) in [7, 11) is 0. The van der Waals surface area contributed by atoms with Crippen LogP contribution in [0.5, 0.6) is 0 Å². The van der Waals surface area contributed by atoms with Gasteiger partial charge in [0.15, 0.2) is 0 Å². The molecule has 1 aromatic carbocycles. The van der Waals surface area contributed by atoms with Gasteiger partial charge in [-0.2, -0.15) is 0 Å². The summed E-state index contributed by atoms with van der Waals surface area (Å²) in [6.45, 7) is 1.53. The fourth-order valence-corrected chi connectivity index (χ4v) is 3.35. The van der Waals surface area contributed by atoms with Gasteiger partial charge in [0.05, 0.1) is 12.6 Å². The van der Waals surface area contributed by atoms with Crippen LogP contribution in [-0.2, 0) is 22.6 Å². The first-order valence-electron chi connectivity index (χ1n) is 8.64. The van der Waals surface area contributed by atoms with E-state index in [0.29, 0.717) is 29.5 Å². The third-order valence-corrected chi connectivity index (χ3v) is 4.64. The van der Waals surface area contributed by atoms with Crippen LogP contribution >= 0.6 is 11.3 Å². The molecule has 9 nitrogen and oxygen atoms in total. The van der Waals surface area contributed by atoms with Gasteiger partial charge in [0.2, 0.25) is 5.91 Å². The maximum Gasteiger partial charge on any atom is 0.290 e. The average Bonchev–Trinajstić information content (AvgIpc) is 3.39. The summed E-state index contributed by atoms with van der Waals surface area (Å²) in [6.07, 6.45) is 3.94. The van der Waals surface area contributed by atoms with E-state index in [4.69, 9.17) is 9.90 Å². The number of carboxylic acid groups (broad SMARTS) is 1. The van der Waals surface area contributed by atoms with Gasteiger partial charge in [0.1, 0.15) is 16.5 Å². The lowest BCUT2D eigenvalue weighted by Crippen LogP contribution is -2.28. The fraction of sp³-hybridized carbons (Fsp3) is 0.211. The topological polar surface area (TPSA) is 137 Å². The highest BCUT2D eigenvalue weighted by molar-refractivity contribution is 7.09. The van der Waals surface area contributed by atoms with E-state index in [2.05, 4.69) is 25.6 Å². The Bertz CT molecular complexity index is 912. The molecule has 0 radical (unpaired) electrons. The molecule has 0 bridgehead atoms. The van der Waals surface area contributed by atoms with Crippen LogP contribution in [0, 0.1) is 0 Å². The Balaban J connectivity index is 0.000000941. The fourth-order valence-electron chi connectivity index (χ4n) is 2.50. The number of benzene rings is 1. The molecule has 2 aromatic heterocycles. The second-order valence-corrected chi connectivity index (χ2v) is 6.73. The van der Waals surface area contributed by atoms with Crippen LogP contribution in [0.15, 0.2) is 48.1 Å². The van der Waals surface area contributed by atoms with E-state index in [9.17, 15) is 9.59 Å². The molecule has 0 saturated carbocycles. The smallest absolute Gasteiger partial charge is 0.290 e. The number of imidazole rings is 1. The quantitative estimate of drug-likeness (QED) is 0.435. The van der Waals surface area contributed by atoms with Gasteiger partial charge in [-0.1, -0.05) is 30.3 Å². The molecule has 0 aliphatic rings. The highest BCUT2D eigenvalue weighted by Gasteiger charge is 2.19. The second-order valence-electron chi connectivity index (χ2n) is 5.84. The first-order chi connectivity index (χ1) is 14.0. The number of thiazole rings is 1. The highest BCUT2D eigenvalue weighted by Crippen LogP contribution is 2.22. The zero-order valence-electron chi connectivity index (χ0n) is 15.7. The lowest BCUT2D eigenvalue weighted by Gasteiger charge is -2.15. The van der Waals surface area contributed by atoms with Gasteiger partial charge in [-0.05, 0) is 12.0 Å². The van der Waals surface area contributed by atoms with Gasteiger partial charge in [0, 0.05) is 24.7 Å². The normalized spacial score (nSPS) is 10.9. The molecule has 2 amide bonds. The summed E-state index contributed by atoms with van der Waals surface area (Å²) in [4.78, 5) is 43.6. The van der Waals surface area contributed by atoms with Crippen LogP contribution in [-0.4, -0.2) is 38.3 Å². The van der Waals surface area contributed by atoms with Crippen molar-refractivity contribution >= 4 is 29.6 Å². The maximum absolute atomic E-state index is 12.3. The third-order valence-electron chi connectivity index (χ3n) is 3.68. The molecule has 0 unspecified atom stereocenters. The molecule has 0 spiro atoms. The monoisotopic (exact) mass is 415 g/mol. The van der Waals surface area contributed by atoms with Crippen LogP contribution < -0.4 is 10.6 Å². The zero-order chi connectivity index (χ0) is 21.1. The lowest BCUT2D eigenvalue weighted by molar-refractivity contribution is -0.123. The van der Waals surface area contributed by atoms with Crippen molar-refractivity contribution in [2.45, 2.75) is 25.9 Å². The number of aromatic nitrogens is 3. The predicted molar refractivity (Wildman–Crippen MR) is 107 cm³/mol. The molecule has 10 heteroatoms. The van der Waals surface area contributed by atoms with Crippen LogP contribution in [0.1, 0.15) is 39.8 Å². The molecule has 0 aliphatic heterocycles. The number of rotatable bonds is 7. The summed E-state index contributed by atoms with van der Waals surface area (Å²) in [6, 6.07) is 9.58. The minimum atomic E-state index is -0.273. The van der Waals surface area contributed by atoms with Crippen LogP contribution in [0.25, 0.3) is 0 Å². The van der Waals surface area contributed by atoms with Crippen molar-refractivity contribution in [3.63, 3.8) is 0 Å². The number of nitrogens with zero attached hydrogens (tertiary/aromatic N) is 2. The van der Waals surface area contributed by atoms with Gasteiger partial charge in [0.25, 0.3) is 12.4 Å². The number of hydrogen-bond donors (Lipinski definition) is 4. The van der Waals surface area contributed by atoms with Gasteiger partial charge in [-0.3, -0.25) is 14.4 Å². The molecule has 2 heterocycles. The first kappa shape index (κ1) is 21.8. The standard InChI is InChI=1S/C18H19N5O2S.CH2O2/c1-12(24)22-14(9-13-5-3-2-4-6-13)18-23-15(11-26-18)17(25)21-10-16-19-7-8-20-16;2-1-3/h2-8,11,14H,9-10H2,1H3,(H,19,20)(H,21,25)(H,22,24);1H,(H,2,3)/t14-;/m1./s1. The molecule has 1 atom stereocenters. The van der Waals surface area contributed by atoms with E-state index in [0.717, 1.165) is 5.56 Å². The SMILES string of the molecule is CC(=O)N[C@H](Cc1ccccc1)c1nc(C(=O)NCc2ncc[nH]2)cs1.O=CO. The van der Waals surface area contributed by atoms with Crippen molar-refractivity contribution < 1.29 is 19.5 Å². The van der Waals surface area contributed by atoms with Crippen molar-refractivity contribution in [1.29, 1.82) is 0 Å². The maximum atomic E-state index is 12.3. The van der Waals surface area contributed by atoms with Crippen molar-refractivity contribution in [2.75, 3.05) is 0 Å². The molecule has 0 fully saturated rings. The first-order valence-corrected chi connectivity index (χ1v) is 9.52. The molecule has 29 heavy (non-hydrogen) atoms. The van der Waals surface area contributed by atoms with Crippen LogP contribution in [0.3, 0.4) is 0 Å². The molecule has 4 N–H and O–H groups in total. The Kier molecular flexibility index (Phi) is 8.51. The zero-order valence-corrected chi connectivity index (χ0v) is 16.5. The summed E-state index contributed by atoms with van der Waals surface area (Å²) < 4.78 is 0. The van der Waals surface area contributed by atoms with Crippen LogP contribution in [0.2, 0.25) is 0 Å². The van der Waals surface area contributed by atoms with Crippen molar-refractivity contribution in [2.24, 2.45) is 0 Å². The molecule has 3 aromatic rings. The van der Waals surface area contributed by atoms with Crippen LogP contribution in [0.4, 0.5) is 0 Å². The lowest BCUT2D eigenvalue weighted by atomic mass is 10.1. The minimum absolute atomic E-state index is 0.134. The number of nitrogens with one attached hydrogen (secondary N) is 3. The number of amides is 2. The van der Waals surface area contributed by atoms with E-state index < -0.39 is 0 Å². The summed E-state index contributed by atoms with van der Waals surface area (Å²) in [5.74, 6) is 0.268. The molecular formula is C19H21N5O4S. The van der Waals surface area contributed by atoms with E-state index in [-0.39, 0.29) is 24.3 Å². The highest BCUT2D eigenvalue weighted by atomic mass is 32.1. The number of aromatic amines is 1. The number of hydrogen-bond acceptors (Lipinski definition) is 6. The molecule has 152 valence electrons. The largest absolute Gasteiger partial charge is 0.483 e. The van der Waals surface area contributed by atoms with E-state index >= 15 is 0 Å². The minimum Gasteiger partial charge on any atom is -0.483 e. The van der Waals surface area contributed by atoms with Crippen molar-refractivity contribution in [1.82, 2.24) is 25.6 Å². The molecule has 3 rings (SSSR count). The summed E-state index contributed by atoms with van der Waals surface area (Å²) >= 11 is 1.36. The molecular weight excluding hydrogens is 394 g/mol. The van der Waals surface area contributed by atoms with Crippen molar-refractivity contribution in [3.05, 3.63) is 70.2 Å². The van der Waals surface area contributed by atoms with E-state index in [1.165, 1.54) is 18.3 Å². The molecule has 0 aliphatic carbocycles. The number of H-pyrrole nitrogens is 1. The average molecular weight is 415 g/mol. The second kappa shape index (κ2) is 11.3. The third kappa shape index (κ3) is 7.18. The van der Waals surface area contributed by atoms with Gasteiger partial charge < -0.3 is 20.7 Å². The Morgan fingerprint density at radius 2 is 2.03 bits per heavy atom. The Morgan fingerprint density at radius 3 is 2.66 bits per heavy atom. The van der Waals surface area contributed by atoms with Crippen molar-refractivity contribution in [3.8, 4) is 0 Å². The Morgan fingerprint density at radius 1 is 1.31 bits per heavy atom. The number of carbonyl (C=O) groups is 3. The Hall–Kier alpha value is -3.53. The summed E-state index contributed by atoms with van der Waals surface area (Å²) in [5, 5.41) is 15.0. The van der Waals surface area contributed by atoms with Gasteiger partial charge in [-0.25, -0.2) is 9.97 Å². The number of carbonyl (C=O) groups excluding carboxylic acids is 2. The van der Waals surface area contributed by atoms with E-state index in [1.807, 2.05) is 30.3 Å².